The highest BCUT2D eigenvalue weighted by molar-refractivity contribution is 6.38. The molecular formula is C29H34ClFN4O4. The summed E-state index contributed by atoms with van der Waals surface area (Å²) < 4.78 is 13.2. The number of hydrogen-bond donors (Lipinski definition) is 2. The van der Waals surface area contributed by atoms with Crippen molar-refractivity contribution in [2.24, 2.45) is 0 Å². The number of β-amino-alcohol motifs (C(OH)–C–C–N with tert-alkyl or cyclic N) is 1. The van der Waals surface area contributed by atoms with Crippen molar-refractivity contribution in [2.75, 3.05) is 33.2 Å². The van der Waals surface area contributed by atoms with Crippen LogP contribution in [-0.2, 0) is 11.3 Å². The molecule has 0 radical (unpaired) electrons. The van der Waals surface area contributed by atoms with Gasteiger partial charge >= 0.3 is 0 Å². The summed E-state index contributed by atoms with van der Waals surface area (Å²) in [6.07, 6.45) is 2.61. The Morgan fingerprint density at radius 3 is 2.41 bits per heavy atom. The predicted molar refractivity (Wildman–Crippen MR) is 149 cm³/mol. The summed E-state index contributed by atoms with van der Waals surface area (Å²) in [5.41, 5.74) is 2.11. The lowest BCUT2D eigenvalue weighted by atomic mass is 10.0. The van der Waals surface area contributed by atoms with E-state index in [2.05, 4.69) is 14.8 Å². The van der Waals surface area contributed by atoms with Crippen LogP contribution in [0.25, 0.3) is 10.9 Å². The average Bonchev–Trinajstić information content (AvgIpc) is 3.50. The lowest BCUT2D eigenvalue weighted by Gasteiger charge is -2.44. The van der Waals surface area contributed by atoms with Gasteiger partial charge in [-0.1, -0.05) is 23.7 Å². The van der Waals surface area contributed by atoms with Gasteiger partial charge in [0, 0.05) is 61.9 Å². The number of aldehydes is 1. The summed E-state index contributed by atoms with van der Waals surface area (Å²) >= 11 is 6.41. The third-order valence-electron chi connectivity index (χ3n) is 7.41. The van der Waals surface area contributed by atoms with E-state index in [1.54, 1.807) is 29.2 Å². The molecule has 1 amide bonds. The maximum atomic E-state index is 13.4. The zero-order valence-corrected chi connectivity index (χ0v) is 23.1. The predicted octanol–water partition coefficient (Wildman–Crippen LogP) is 3.76. The van der Waals surface area contributed by atoms with Crippen LogP contribution in [0.2, 0.25) is 5.02 Å². The van der Waals surface area contributed by atoms with Crippen molar-refractivity contribution in [1.29, 1.82) is 0 Å². The van der Waals surface area contributed by atoms with E-state index in [9.17, 15) is 18.8 Å². The fraction of sp³-hybridized carbons (Fsp3) is 0.414. The molecule has 3 aromatic rings. The molecule has 0 spiro atoms. The van der Waals surface area contributed by atoms with E-state index in [1.807, 2.05) is 20.9 Å². The maximum Gasteiger partial charge on any atom is 0.255 e. The number of amides is 1. The number of rotatable bonds is 5. The molecule has 0 aliphatic carbocycles. The fourth-order valence-corrected chi connectivity index (χ4v) is 5.41. The largest absolute Gasteiger partial charge is 0.392 e. The standard InChI is InChI=1S/C24H23ClFN3O3.C5H11NO/c1-14-11-29(15(2)10-28(14)12-16-3-5-17(26)6-4-16)24(32)19-7-18-20(23(31)13-30)9-27-22(18)8-21(19)25;1-6-3-2-5(7)4-6/h3-9,13-15,27H,10-12H2,1-2H3;5,7H,2-4H2,1H3/t14-,15?;/m0./s1. The van der Waals surface area contributed by atoms with Crippen LogP contribution in [0.4, 0.5) is 4.39 Å². The molecule has 39 heavy (non-hydrogen) atoms. The molecule has 1 aromatic heterocycles. The highest BCUT2D eigenvalue weighted by atomic mass is 35.5. The lowest BCUT2D eigenvalue weighted by molar-refractivity contribution is -0.104. The van der Waals surface area contributed by atoms with Crippen molar-refractivity contribution in [1.82, 2.24) is 19.7 Å². The maximum absolute atomic E-state index is 13.4. The Balaban J connectivity index is 0.000000438. The van der Waals surface area contributed by atoms with Gasteiger partial charge in [0.05, 0.1) is 22.3 Å². The number of H-pyrrole nitrogens is 1. The van der Waals surface area contributed by atoms with Gasteiger partial charge < -0.3 is 19.9 Å². The van der Waals surface area contributed by atoms with Crippen molar-refractivity contribution in [2.45, 2.75) is 45.0 Å². The number of nitrogens with one attached hydrogen (secondary N) is 1. The molecule has 2 fully saturated rings. The molecular weight excluding hydrogens is 523 g/mol. The van der Waals surface area contributed by atoms with E-state index in [0.29, 0.717) is 36.1 Å². The van der Waals surface area contributed by atoms with Crippen molar-refractivity contribution in [3.05, 3.63) is 70.1 Å². The van der Waals surface area contributed by atoms with Crippen LogP contribution in [0.3, 0.4) is 0 Å². The number of carbonyl (C=O) groups is 3. The molecule has 8 nitrogen and oxygen atoms in total. The van der Waals surface area contributed by atoms with Crippen LogP contribution in [0, 0.1) is 5.82 Å². The number of aliphatic hydroxyl groups excluding tert-OH is 1. The number of nitrogens with zero attached hydrogens (tertiary/aromatic N) is 3. The number of Topliss-reactive ketones (excluding diaryl/α,β-unsaturated/α-hetero) is 1. The third-order valence-corrected chi connectivity index (χ3v) is 7.73. The average molecular weight is 557 g/mol. The van der Waals surface area contributed by atoms with Crippen molar-refractivity contribution >= 4 is 40.5 Å². The molecule has 2 unspecified atom stereocenters. The van der Waals surface area contributed by atoms with E-state index in [4.69, 9.17) is 16.7 Å². The van der Waals surface area contributed by atoms with Gasteiger partial charge in [0.1, 0.15) is 5.82 Å². The van der Waals surface area contributed by atoms with Gasteiger partial charge in [0.2, 0.25) is 5.78 Å². The number of fused-ring (bicyclic) bond motifs is 1. The van der Waals surface area contributed by atoms with Crippen LogP contribution in [0.15, 0.2) is 42.6 Å². The van der Waals surface area contributed by atoms with E-state index >= 15 is 0 Å². The Morgan fingerprint density at radius 2 is 1.82 bits per heavy atom. The van der Waals surface area contributed by atoms with Crippen LogP contribution < -0.4 is 0 Å². The number of carbonyl (C=O) groups excluding carboxylic acids is 3. The molecule has 3 atom stereocenters. The molecule has 10 heteroatoms. The van der Waals surface area contributed by atoms with Crippen molar-refractivity contribution in [3.8, 4) is 0 Å². The van der Waals surface area contributed by atoms with Crippen LogP contribution in [-0.4, -0.2) is 94.2 Å². The zero-order chi connectivity index (χ0) is 28.3. The summed E-state index contributed by atoms with van der Waals surface area (Å²) in [5.74, 6) is -1.14. The number of piperazine rings is 1. The van der Waals surface area contributed by atoms with Gasteiger partial charge in [-0.05, 0) is 57.1 Å². The molecule has 208 valence electrons. The smallest absolute Gasteiger partial charge is 0.255 e. The monoisotopic (exact) mass is 556 g/mol. The van der Waals surface area contributed by atoms with Crippen LogP contribution in [0.5, 0.6) is 0 Å². The lowest BCUT2D eigenvalue weighted by Crippen LogP contribution is -2.57. The Kier molecular flexibility index (Phi) is 9.17. The number of aromatic amines is 1. The molecule has 2 N–H and O–H groups in total. The van der Waals surface area contributed by atoms with Gasteiger partial charge in [-0.2, -0.15) is 0 Å². The fourth-order valence-electron chi connectivity index (χ4n) is 5.17. The molecule has 2 aliphatic rings. The number of aromatic nitrogens is 1. The number of ketones is 1. The molecule has 0 bridgehead atoms. The first kappa shape index (κ1) is 28.9. The number of hydrogen-bond acceptors (Lipinski definition) is 6. The molecule has 2 saturated heterocycles. The Bertz CT molecular complexity index is 1340. The number of halogens is 2. The topological polar surface area (TPSA) is 97.0 Å². The van der Waals surface area contributed by atoms with E-state index in [0.717, 1.165) is 25.1 Å². The van der Waals surface area contributed by atoms with E-state index < -0.39 is 5.78 Å². The summed E-state index contributed by atoms with van der Waals surface area (Å²) in [6.45, 7) is 7.77. The Hall–Kier alpha value is -3.11. The highest BCUT2D eigenvalue weighted by Gasteiger charge is 2.33. The van der Waals surface area contributed by atoms with Gasteiger partial charge in [-0.15, -0.1) is 0 Å². The van der Waals surface area contributed by atoms with E-state index in [-0.39, 0.29) is 46.8 Å². The minimum absolute atomic E-state index is 0.0509. The normalized spacial score (nSPS) is 22.0. The van der Waals surface area contributed by atoms with Gasteiger partial charge in [-0.25, -0.2) is 4.39 Å². The summed E-state index contributed by atoms with van der Waals surface area (Å²) in [4.78, 5) is 45.4. The van der Waals surface area contributed by atoms with Crippen molar-refractivity contribution in [3.63, 3.8) is 0 Å². The Labute approximate surface area is 232 Å². The Morgan fingerprint density at radius 1 is 1.10 bits per heavy atom. The second-order valence-corrected chi connectivity index (χ2v) is 10.9. The third kappa shape index (κ3) is 6.73. The first-order chi connectivity index (χ1) is 18.6. The highest BCUT2D eigenvalue weighted by Crippen LogP contribution is 2.29. The molecule has 2 aliphatic heterocycles. The SMILES string of the molecule is CC1CN(Cc2ccc(F)cc2)[C@@H](C)CN1C(=O)c1cc2c(C(=O)C=O)c[nH]c2cc1Cl.CN1CCC(O)C1. The van der Waals surface area contributed by atoms with Gasteiger partial charge in [0.15, 0.2) is 6.29 Å². The number of likely N-dealkylation sites (N-methyl/N-ethyl adjacent to an activating group) is 1. The van der Waals surface area contributed by atoms with Crippen LogP contribution >= 0.6 is 11.6 Å². The number of benzene rings is 2. The summed E-state index contributed by atoms with van der Waals surface area (Å²) in [5, 5.41) is 9.63. The number of aliphatic hydroxyl groups is 1. The van der Waals surface area contributed by atoms with Gasteiger partial charge in [-0.3, -0.25) is 19.3 Å². The van der Waals surface area contributed by atoms with Gasteiger partial charge in [0.25, 0.3) is 5.91 Å². The summed E-state index contributed by atoms with van der Waals surface area (Å²) in [7, 11) is 2.02. The molecule has 3 heterocycles. The first-order valence-corrected chi connectivity index (χ1v) is 13.4. The minimum atomic E-state index is -0.659. The molecule has 5 rings (SSSR count). The summed E-state index contributed by atoms with van der Waals surface area (Å²) in [6, 6.07) is 9.64. The number of likely N-dealkylation sites (tertiary alicyclic amines) is 1. The quantitative estimate of drug-likeness (QED) is 0.282. The van der Waals surface area contributed by atoms with E-state index in [1.165, 1.54) is 18.3 Å². The van der Waals surface area contributed by atoms with Crippen molar-refractivity contribution < 1.29 is 23.9 Å². The molecule has 0 saturated carbocycles. The second-order valence-electron chi connectivity index (χ2n) is 10.5. The first-order valence-electron chi connectivity index (χ1n) is 13.0. The minimum Gasteiger partial charge on any atom is -0.392 e. The van der Waals surface area contributed by atoms with Crippen LogP contribution in [0.1, 0.15) is 46.5 Å². The zero-order valence-electron chi connectivity index (χ0n) is 22.4. The second kappa shape index (κ2) is 12.4. The molecule has 2 aromatic carbocycles.